The molecule has 0 aliphatic carbocycles. The Balaban J connectivity index is 2.11. The van der Waals surface area contributed by atoms with E-state index in [4.69, 9.17) is 28.9 Å². The molecule has 18 heavy (non-hydrogen) atoms. The third kappa shape index (κ3) is 3.22. The van der Waals surface area contributed by atoms with Crippen molar-refractivity contribution in [2.45, 2.75) is 10.9 Å². The number of anilines is 1. The average molecular weight is 305 g/mol. The van der Waals surface area contributed by atoms with Crippen molar-refractivity contribution in [1.29, 1.82) is 0 Å². The van der Waals surface area contributed by atoms with E-state index in [0.29, 0.717) is 15.9 Å². The molecule has 8 heteroatoms. The zero-order valence-corrected chi connectivity index (χ0v) is 11.2. The fourth-order valence-electron chi connectivity index (χ4n) is 1.15. The number of nitrogens with two attached hydrogens (primary N) is 1. The predicted octanol–water partition coefficient (Wildman–Crippen LogP) is 3.19. The Hall–Kier alpha value is -1.11. The molecule has 0 spiro atoms. The summed E-state index contributed by atoms with van der Waals surface area (Å²) in [4.78, 5) is 11.7. The maximum absolute atomic E-state index is 13.1. The molecule has 0 aliphatic heterocycles. The highest BCUT2D eigenvalue weighted by molar-refractivity contribution is 7.98. The van der Waals surface area contributed by atoms with Crippen LogP contribution in [0.3, 0.4) is 0 Å². The summed E-state index contributed by atoms with van der Waals surface area (Å²) in [5.74, 6) is -0.583. The van der Waals surface area contributed by atoms with Crippen LogP contribution in [0.2, 0.25) is 10.2 Å². The van der Waals surface area contributed by atoms with E-state index in [-0.39, 0.29) is 11.0 Å². The second kappa shape index (κ2) is 5.69. The van der Waals surface area contributed by atoms with Gasteiger partial charge in [-0.05, 0) is 12.1 Å². The molecule has 94 valence electrons. The molecule has 0 saturated carbocycles. The van der Waals surface area contributed by atoms with E-state index in [0.717, 1.165) is 5.69 Å². The third-order valence-electron chi connectivity index (χ3n) is 1.94. The van der Waals surface area contributed by atoms with Crippen molar-refractivity contribution < 1.29 is 4.39 Å². The van der Waals surface area contributed by atoms with Crippen LogP contribution in [-0.2, 0) is 5.75 Å². The van der Waals surface area contributed by atoms with Crippen molar-refractivity contribution in [1.82, 2.24) is 15.0 Å². The molecular weight excluding hydrogens is 298 g/mol. The summed E-state index contributed by atoms with van der Waals surface area (Å²) in [6.45, 7) is 0. The molecule has 0 bridgehead atoms. The fraction of sp³-hybridized carbons (Fsp3) is 0.100. The van der Waals surface area contributed by atoms with E-state index in [1.165, 1.54) is 11.8 Å². The Labute approximate surface area is 117 Å². The number of rotatable bonds is 3. The van der Waals surface area contributed by atoms with Crippen LogP contribution in [0.15, 0.2) is 23.5 Å². The zero-order chi connectivity index (χ0) is 13.1. The first-order chi connectivity index (χ1) is 8.56. The van der Waals surface area contributed by atoms with Gasteiger partial charge in [-0.15, -0.1) is 0 Å². The van der Waals surface area contributed by atoms with Crippen molar-refractivity contribution in [2.24, 2.45) is 0 Å². The number of aromatic nitrogens is 3. The van der Waals surface area contributed by atoms with Gasteiger partial charge < -0.3 is 5.73 Å². The van der Waals surface area contributed by atoms with Crippen molar-refractivity contribution in [2.75, 3.05) is 5.73 Å². The number of halogens is 3. The van der Waals surface area contributed by atoms with Crippen molar-refractivity contribution in [3.05, 3.63) is 40.0 Å². The molecule has 0 saturated heterocycles. The molecule has 0 unspecified atom stereocenters. The molecule has 2 rings (SSSR count). The minimum absolute atomic E-state index is 0.267. The number of hydrogen-bond acceptors (Lipinski definition) is 5. The van der Waals surface area contributed by atoms with Crippen LogP contribution in [-0.4, -0.2) is 15.0 Å². The van der Waals surface area contributed by atoms with Gasteiger partial charge in [0.2, 0.25) is 5.82 Å². The summed E-state index contributed by atoms with van der Waals surface area (Å²) < 4.78 is 13.1. The highest BCUT2D eigenvalue weighted by Gasteiger charge is 2.10. The Morgan fingerprint density at radius 3 is 2.78 bits per heavy atom. The van der Waals surface area contributed by atoms with Crippen molar-refractivity contribution in [3.63, 3.8) is 0 Å². The van der Waals surface area contributed by atoms with Crippen LogP contribution >= 0.6 is 35.0 Å². The lowest BCUT2D eigenvalue weighted by Gasteiger charge is -2.03. The monoisotopic (exact) mass is 304 g/mol. The molecule has 0 atom stereocenters. The van der Waals surface area contributed by atoms with Crippen molar-refractivity contribution >= 4 is 40.8 Å². The van der Waals surface area contributed by atoms with Crippen LogP contribution in [0.5, 0.6) is 0 Å². The Morgan fingerprint density at radius 2 is 2.11 bits per heavy atom. The summed E-state index contributed by atoms with van der Waals surface area (Å²) in [6, 6.07) is 3.40. The second-order valence-electron chi connectivity index (χ2n) is 3.25. The Bertz CT molecular complexity index is 559. The molecular formula is C10H7Cl2FN4S. The van der Waals surface area contributed by atoms with Crippen LogP contribution in [0.4, 0.5) is 10.2 Å². The quantitative estimate of drug-likeness (QED) is 0.536. The van der Waals surface area contributed by atoms with E-state index in [2.05, 4.69) is 15.0 Å². The topological polar surface area (TPSA) is 64.7 Å². The molecule has 2 heterocycles. The van der Waals surface area contributed by atoms with Gasteiger partial charge in [0.05, 0.1) is 5.69 Å². The van der Waals surface area contributed by atoms with Gasteiger partial charge in [-0.25, -0.2) is 9.97 Å². The minimum Gasteiger partial charge on any atom is -0.381 e. The molecule has 4 nitrogen and oxygen atoms in total. The van der Waals surface area contributed by atoms with Crippen LogP contribution in [0.25, 0.3) is 0 Å². The number of pyridine rings is 1. The summed E-state index contributed by atoms with van der Waals surface area (Å²) in [7, 11) is 0. The van der Waals surface area contributed by atoms with Gasteiger partial charge in [0.25, 0.3) is 0 Å². The van der Waals surface area contributed by atoms with E-state index in [1.54, 1.807) is 18.3 Å². The number of hydrogen-bond donors (Lipinski definition) is 1. The number of nitrogen functional groups attached to an aromatic ring is 1. The Kier molecular flexibility index (Phi) is 4.21. The highest BCUT2D eigenvalue weighted by atomic mass is 35.5. The summed E-state index contributed by atoms with van der Waals surface area (Å²) in [5.41, 5.74) is 6.11. The van der Waals surface area contributed by atoms with E-state index >= 15 is 0 Å². The lowest BCUT2D eigenvalue weighted by Crippen LogP contribution is -2.00. The van der Waals surface area contributed by atoms with Gasteiger partial charge in [0.15, 0.2) is 16.1 Å². The first-order valence-electron chi connectivity index (χ1n) is 4.78. The van der Waals surface area contributed by atoms with Gasteiger partial charge >= 0.3 is 0 Å². The molecule has 0 radical (unpaired) electrons. The highest BCUT2D eigenvalue weighted by Crippen LogP contribution is 2.24. The predicted molar refractivity (Wildman–Crippen MR) is 70.2 cm³/mol. The lowest BCUT2D eigenvalue weighted by molar-refractivity contribution is 0.613. The fourth-order valence-corrected chi connectivity index (χ4v) is 2.31. The smallest absolute Gasteiger partial charge is 0.202 e. The third-order valence-corrected chi connectivity index (χ3v) is 3.31. The molecule has 2 aromatic heterocycles. The van der Waals surface area contributed by atoms with E-state index in [9.17, 15) is 4.39 Å². The van der Waals surface area contributed by atoms with Crippen molar-refractivity contribution in [3.8, 4) is 0 Å². The van der Waals surface area contributed by atoms with Gasteiger partial charge in [0, 0.05) is 17.0 Å². The molecule has 0 amide bonds. The SMILES string of the molecule is Nc1nc(SCc2cc(Cl)ccn2)nc(Cl)c1F. The summed E-state index contributed by atoms with van der Waals surface area (Å²) in [5, 5.41) is 0.600. The van der Waals surface area contributed by atoms with Gasteiger partial charge in [0.1, 0.15) is 0 Å². The average Bonchev–Trinajstić information content (AvgIpc) is 2.33. The van der Waals surface area contributed by atoms with Crippen LogP contribution < -0.4 is 5.73 Å². The first-order valence-corrected chi connectivity index (χ1v) is 6.52. The maximum atomic E-state index is 13.1. The van der Waals surface area contributed by atoms with Gasteiger partial charge in [-0.3, -0.25) is 4.98 Å². The molecule has 0 fully saturated rings. The maximum Gasteiger partial charge on any atom is 0.202 e. The van der Waals surface area contributed by atoms with Crippen LogP contribution in [0.1, 0.15) is 5.69 Å². The van der Waals surface area contributed by atoms with Gasteiger partial charge in [-0.2, -0.15) is 4.39 Å². The first kappa shape index (κ1) is 13.3. The van der Waals surface area contributed by atoms with Crippen LogP contribution in [0, 0.1) is 5.82 Å². The number of thioether (sulfide) groups is 1. The lowest BCUT2D eigenvalue weighted by atomic mass is 10.4. The molecule has 2 N–H and O–H groups in total. The van der Waals surface area contributed by atoms with Gasteiger partial charge in [-0.1, -0.05) is 35.0 Å². The number of nitrogens with zero attached hydrogens (tertiary/aromatic N) is 3. The second-order valence-corrected chi connectivity index (χ2v) is 4.99. The minimum atomic E-state index is -0.804. The van der Waals surface area contributed by atoms with E-state index < -0.39 is 5.82 Å². The van der Waals surface area contributed by atoms with E-state index in [1.807, 2.05) is 0 Å². The molecule has 2 aromatic rings. The largest absolute Gasteiger partial charge is 0.381 e. The molecule has 0 aromatic carbocycles. The zero-order valence-electron chi connectivity index (χ0n) is 8.90. The normalized spacial score (nSPS) is 10.6. The Morgan fingerprint density at radius 1 is 1.33 bits per heavy atom. The molecule has 0 aliphatic rings. The summed E-state index contributed by atoms with van der Waals surface area (Å²) >= 11 is 12.6. The summed E-state index contributed by atoms with van der Waals surface area (Å²) in [6.07, 6.45) is 1.60. The standard InChI is InChI=1S/C10H7Cl2FN4S/c11-5-1-2-15-6(3-5)4-18-10-16-8(12)7(13)9(14)17-10/h1-3H,4H2,(H2,14,16,17).